The van der Waals surface area contributed by atoms with Crippen molar-refractivity contribution in [3.05, 3.63) is 12.2 Å². The first-order chi connectivity index (χ1) is 5.87. The maximum absolute atomic E-state index is 11.0. The van der Waals surface area contributed by atoms with Gasteiger partial charge in [0.25, 0.3) is 10.1 Å². The normalized spacial score (nSPS) is 10.1. The van der Waals surface area contributed by atoms with Crippen molar-refractivity contribution in [3.63, 3.8) is 0 Å². The Morgan fingerprint density at radius 2 is 2.00 bits per heavy atom. The molecule has 0 rings (SSSR count). The molecule has 7 heteroatoms. The van der Waals surface area contributed by atoms with Crippen molar-refractivity contribution >= 4 is 16.0 Å². The fourth-order valence-electron chi connectivity index (χ4n) is 0.579. The molecular formula is C7H16N2O4S. The van der Waals surface area contributed by atoms with Crippen LogP contribution in [0.4, 0.5) is 0 Å². The minimum Gasteiger partial charge on any atom is -0.351 e. The predicted molar refractivity (Wildman–Crippen MR) is 53.9 cm³/mol. The van der Waals surface area contributed by atoms with Gasteiger partial charge in [0.2, 0.25) is 5.91 Å². The highest BCUT2D eigenvalue weighted by Gasteiger charge is 2.07. The molecule has 1 amide bonds. The average molecular weight is 224 g/mol. The third-order valence-electron chi connectivity index (χ3n) is 1.39. The summed E-state index contributed by atoms with van der Waals surface area (Å²) < 4.78 is 28.8. The molecule has 0 heterocycles. The van der Waals surface area contributed by atoms with Crippen LogP contribution in [-0.4, -0.2) is 31.2 Å². The van der Waals surface area contributed by atoms with Crippen molar-refractivity contribution in [2.75, 3.05) is 12.3 Å². The molecule has 0 radical (unpaired) electrons. The summed E-state index contributed by atoms with van der Waals surface area (Å²) in [5.41, 5.74) is 0.385. The van der Waals surface area contributed by atoms with E-state index in [-0.39, 0.29) is 18.6 Å². The molecule has 6 nitrogen and oxygen atoms in total. The zero-order valence-electron chi connectivity index (χ0n) is 8.12. The fraction of sp³-hybridized carbons (Fsp3) is 0.571. The Kier molecular flexibility index (Phi) is 7.24. The van der Waals surface area contributed by atoms with E-state index < -0.39 is 15.9 Å². The maximum Gasteiger partial charge on any atom is 0.266 e. The van der Waals surface area contributed by atoms with E-state index in [9.17, 15) is 13.2 Å². The second-order valence-corrected chi connectivity index (χ2v) is 4.07. The number of carbonyl (C=O) groups excluding carboxylic acids is 1. The molecule has 0 aromatic rings. The average Bonchev–Trinajstić information content (AvgIpc) is 2.00. The Hall–Kier alpha value is -0.920. The van der Waals surface area contributed by atoms with Crippen LogP contribution in [0.2, 0.25) is 0 Å². The van der Waals surface area contributed by atoms with E-state index in [1.807, 2.05) is 0 Å². The van der Waals surface area contributed by atoms with Crippen molar-refractivity contribution in [1.82, 2.24) is 11.5 Å². The molecular weight excluding hydrogens is 208 g/mol. The van der Waals surface area contributed by atoms with Gasteiger partial charge in [-0.2, -0.15) is 8.42 Å². The van der Waals surface area contributed by atoms with Crippen molar-refractivity contribution in [1.29, 1.82) is 0 Å². The van der Waals surface area contributed by atoms with E-state index in [0.29, 0.717) is 12.0 Å². The van der Waals surface area contributed by atoms with Crippen LogP contribution in [0.3, 0.4) is 0 Å². The lowest BCUT2D eigenvalue weighted by Gasteiger charge is -2.03. The third kappa shape index (κ3) is 7.71. The van der Waals surface area contributed by atoms with Gasteiger partial charge in [-0.05, 0) is 6.42 Å². The van der Waals surface area contributed by atoms with Crippen molar-refractivity contribution in [2.24, 2.45) is 0 Å². The summed E-state index contributed by atoms with van der Waals surface area (Å²) in [6, 6.07) is 0. The van der Waals surface area contributed by atoms with E-state index >= 15 is 0 Å². The molecule has 0 aromatic carbocycles. The lowest BCUT2D eigenvalue weighted by molar-refractivity contribution is -0.117. The maximum atomic E-state index is 11.0. The molecule has 0 bridgehead atoms. The largest absolute Gasteiger partial charge is 0.351 e. The number of amides is 1. The summed E-state index contributed by atoms with van der Waals surface area (Å²) >= 11 is 0. The molecule has 0 saturated heterocycles. The number of carbonyl (C=O) groups is 1. The minimum absolute atomic E-state index is 0. The Morgan fingerprint density at radius 3 is 2.36 bits per heavy atom. The number of hydrogen-bond acceptors (Lipinski definition) is 4. The van der Waals surface area contributed by atoms with Gasteiger partial charge in [-0.3, -0.25) is 9.35 Å². The molecule has 0 saturated carbocycles. The molecule has 0 aliphatic rings. The van der Waals surface area contributed by atoms with Gasteiger partial charge in [0.05, 0.1) is 5.75 Å². The first-order valence-corrected chi connectivity index (χ1v) is 5.39. The van der Waals surface area contributed by atoms with E-state index in [1.54, 1.807) is 6.92 Å². The summed E-state index contributed by atoms with van der Waals surface area (Å²) in [6.45, 7) is 5.13. The molecule has 0 aromatic heterocycles. The van der Waals surface area contributed by atoms with Gasteiger partial charge >= 0.3 is 0 Å². The summed E-state index contributed by atoms with van der Waals surface area (Å²) in [5.74, 6) is -0.860. The quantitative estimate of drug-likeness (QED) is 0.452. The van der Waals surface area contributed by atoms with Gasteiger partial charge in [0.15, 0.2) is 0 Å². The summed E-state index contributed by atoms with van der Waals surface area (Å²) in [5, 5.41) is 2.31. The SMILES string of the molecule is C=C(CC)C(=O)NCCS(=O)(=O)O.N. The number of nitrogens with one attached hydrogen (secondary N) is 1. The first kappa shape index (κ1) is 15.5. The van der Waals surface area contributed by atoms with Crippen LogP contribution in [0.25, 0.3) is 0 Å². The predicted octanol–water partition coefficient (Wildman–Crippen LogP) is 0.119. The number of rotatable bonds is 5. The number of hydrogen-bond donors (Lipinski definition) is 3. The highest BCUT2D eigenvalue weighted by molar-refractivity contribution is 7.85. The van der Waals surface area contributed by atoms with Gasteiger partial charge in [0, 0.05) is 12.1 Å². The molecule has 0 aliphatic carbocycles. The summed E-state index contributed by atoms with van der Waals surface area (Å²) in [7, 11) is -4.00. The van der Waals surface area contributed by atoms with Crippen molar-refractivity contribution in [2.45, 2.75) is 13.3 Å². The summed E-state index contributed by atoms with van der Waals surface area (Å²) in [4.78, 5) is 11.0. The molecule has 84 valence electrons. The van der Waals surface area contributed by atoms with Gasteiger partial charge in [-0.15, -0.1) is 0 Å². The third-order valence-corrected chi connectivity index (χ3v) is 2.11. The van der Waals surface area contributed by atoms with E-state index in [1.165, 1.54) is 0 Å². The topological polar surface area (TPSA) is 118 Å². The first-order valence-electron chi connectivity index (χ1n) is 3.78. The Balaban J connectivity index is 0. The van der Waals surface area contributed by atoms with E-state index in [0.717, 1.165) is 0 Å². The van der Waals surface area contributed by atoms with Crippen molar-refractivity contribution < 1.29 is 17.8 Å². The second kappa shape index (κ2) is 6.52. The highest BCUT2D eigenvalue weighted by Crippen LogP contribution is 1.94. The van der Waals surface area contributed by atoms with E-state index in [2.05, 4.69) is 11.9 Å². The van der Waals surface area contributed by atoms with Gasteiger partial charge in [0.1, 0.15) is 0 Å². The van der Waals surface area contributed by atoms with Crippen LogP contribution in [0.5, 0.6) is 0 Å². The van der Waals surface area contributed by atoms with Crippen LogP contribution in [0, 0.1) is 0 Å². The standard InChI is InChI=1S/C7H13NO4S.H3N/c1-3-6(2)7(9)8-4-5-13(10,11)12;/h2-5H2,1H3,(H,8,9)(H,10,11,12);1H3. The molecule has 5 N–H and O–H groups in total. The Labute approximate surface area is 83.7 Å². The molecule has 14 heavy (non-hydrogen) atoms. The molecule has 0 spiro atoms. The molecule has 0 unspecified atom stereocenters. The Morgan fingerprint density at radius 1 is 1.50 bits per heavy atom. The van der Waals surface area contributed by atoms with E-state index in [4.69, 9.17) is 4.55 Å². The zero-order chi connectivity index (χ0) is 10.5. The zero-order valence-corrected chi connectivity index (χ0v) is 8.93. The smallest absolute Gasteiger partial charge is 0.266 e. The fourth-order valence-corrected chi connectivity index (χ4v) is 0.939. The monoisotopic (exact) mass is 224 g/mol. The minimum atomic E-state index is -4.00. The van der Waals surface area contributed by atoms with Crippen LogP contribution in [0.15, 0.2) is 12.2 Å². The lowest BCUT2D eigenvalue weighted by atomic mass is 10.2. The highest BCUT2D eigenvalue weighted by atomic mass is 32.2. The van der Waals surface area contributed by atoms with Gasteiger partial charge < -0.3 is 11.5 Å². The Bertz CT molecular complexity index is 297. The lowest BCUT2D eigenvalue weighted by Crippen LogP contribution is -2.29. The van der Waals surface area contributed by atoms with Crippen LogP contribution < -0.4 is 11.5 Å². The second-order valence-electron chi connectivity index (χ2n) is 2.50. The molecule has 0 aliphatic heterocycles. The van der Waals surface area contributed by atoms with Gasteiger partial charge in [-0.25, -0.2) is 0 Å². The van der Waals surface area contributed by atoms with Gasteiger partial charge in [-0.1, -0.05) is 13.5 Å². The van der Waals surface area contributed by atoms with Crippen LogP contribution >= 0.6 is 0 Å². The van der Waals surface area contributed by atoms with Crippen molar-refractivity contribution in [3.8, 4) is 0 Å². The van der Waals surface area contributed by atoms with Crippen LogP contribution in [0.1, 0.15) is 13.3 Å². The summed E-state index contributed by atoms with van der Waals surface area (Å²) in [6.07, 6.45) is 0.512. The molecule has 0 atom stereocenters. The van der Waals surface area contributed by atoms with Crippen LogP contribution in [-0.2, 0) is 14.9 Å². The molecule has 0 fully saturated rings.